The Hall–Kier alpha value is -1.57. The van der Waals surface area contributed by atoms with E-state index in [4.69, 9.17) is 51.1 Å². The summed E-state index contributed by atoms with van der Waals surface area (Å²) in [5.74, 6) is -0.652. The van der Waals surface area contributed by atoms with Crippen LogP contribution in [0.1, 0.15) is 96.5 Å². The predicted molar refractivity (Wildman–Crippen MR) is 165 cm³/mol. The molecule has 0 spiro atoms. The van der Waals surface area contributed by atoms with Crippen molar-refractivity contribution in [1.29, 1.82) is 0 Å². The van der Waals surface area contributed by atoms with Gasteiger partial charge in [-0.2, -0.15) is 15.6 Å². The van der Waals surface area contributed by atoms with E-state index >= 15 is 0 Å². The largest absolute Gasteiger partial charge is 0.459 e. The van der Waals surface area contributed by atoms with Crippen LogP contribution in [0.15, 0.2) is 41.0 Å². The molecule has 0 radical (unpaired) electrons. The lowest BCUT2D eigenvalue weighted by atomic mass is 9.80. The number of rotatable bonds is 16. The van der Waals surface area contributed by atoms with Gasteiger partial charge in [0.25, 0.3) is 5.91 Å². The molecule has 0 fully saturated rings. The number of hydrazone groups is 1. The fourth-order valence-electron chi connectivity index (χ4n) is 5.03. The van der Waals surface area contributed by atoms with Gasteiger partial charge in [0.05, 0.1) is 12.0 Å². The number of carbonyl (C=O) groups is 2. The standard InChI is InChI=1S/C30H39Cl4N3O3/c1-3-4-5-6-7-8-9-12-24(14-13-21(2)31)40-29(39)22-11-10-16-30(20-22,36-37-27(38)15-17-35-37)28-25(33)18-23(32)19-26(28)34/h10-11,16-19,21,24,36H,3-9,12-15,20H2,1-2H3. The summed E-state index contributed by atoms with van der Waals surface area (Å²) in [6, 6.07) is 3.16. The zero-order valence-electron chi connectivity index (χ0n) is 23.2. The molecule has 1 aromatic rings. The van der Waals surface area contributed by atoms with E-state index in [1.54, 1.807) is 24.3 Å². The quantitative estimate of drug-likeness (QED) is 0.112. The normalized spacial score (nSPS) is 20.1. The molecule has 40 heavy (non-hydrogen) atoms. The molecule has 1 heterocycles. The summed E-state index contributed by atoms with van der Waals surface area (Å²) in [5.41, 5.74) is 2.93. The first-order valence-electron chi connectivity index (χ1n) is 14.2. The van der Waals surface area contributed by atoms with E-state index in [1.165, 1.54) is 38.3 Å². The van der Waals surface area contributed by atoms with Crippen molar-refractivity contribution >= 4 is 64.5 Å². The topological polar surface area (TPSA) is 71.0 Å². The second-order valence-electron chi connectivity index (χ2n) is 10.6. The first kappa shape index (κ1) is 32.9. The highest BCUT2D eigenvalue weighted by molar-refractivity contribution is 6.39. The van der Waals surface area contributed by atoms with Crippen molar-refractivity contribution < 1.29 is 14.3 Å². The minimum Gasteiger partial charge on any atom is -0.459 e. The van der Waals surface area contributed by atoms with Crippen molar-refractivity contribution in [1.82, 2.24) is 10.5 Å². The molecule has 3 unspecified atom stereocenters. The van der Waals surface area contributed by atoms with Crippen LogP contribution in [0.4, 0.5) is 0 Å². The molecule has 0 saturated carbocycles. The molecule has 3 atom stereocenters. The van der Waals surface area contributed by atoms with Crippen LogP contribution in [0, 0.1) is 0 Å². The number of hydrazine groups is 1. The Bertz CT molecular complexity index is 1100. The SMILES string of the molecule is CCCCCCCCCC(CCC(C)Cl)OC(=O)C1=CC=CC(NN2N=CCC2=O)(c2c(Cl)cc(Cl)cc2Cl)C1. The zero-order chi connectivity index (χ0) is 29.1. The average molecular weight is 631 g/mol. The van der Waals surface area contributed by atoms with E-state index in [9.17, 15) is 9.59 Å². The molecule has 0 bridgehead atoms. The molecule has 10 heteroatoms. The first-order chi connectivity index (χ1) is 19.1. The number of ether oxygens (including phenoxy) is 1. The van der Waals surface area contributed by atoms with E-state index in [2.05, 4.69) is 17.5 Å². The van der Waals surface area contributed by atoms with Gasteiger partial charge < -0.3 is 4.74 Å². The van der Waals surface area contributed by atoms with Gasteiger partial charge in [-0.25, -0.2) is 4.79 Å². The molecular formula is C30H39Cl4N3O3. The number of nitrogens with one attached hydrogen (secondary N) is 1. The van der Waals surface area contributed by atoms with Crippen LogP contribution < -0.4 is 5.43 Å². The summed E-state index contributed by atoms with van der Waals surface area (Å²) in [7, 11) is 0. The number of hydrogen-bond donors (Lipinski definition) is 1. The van der Waals surface area contributed by atoms with Gasteiger partial charge in [-0.15, -0.1) is 11.6 Å². The number of hydrogen-bond acceptors (Lipinski definition) is 5. The Morgan fingerprint density at radius 2 is 1.75 bits per heavy atom. The zero-order valence-corrected chi connectivity index (χ0v) is 26.3. The maximum atomic E-state index is 13.5. The Morgan fingerprint density at radius 1 is 1.07 bits per heavy atom. The minimum absolute atomic E-state index is 0.00309. The van der Waals surface area contributed by atoms with Gasteiger partial charge in [0, 0.05) is 44.2 Å². The lowest BCUT2D eigenvalue weighted by Gasteiger charge is -2.38. The molecule has 1 aliphatic heterocycles. The van der Waals surface area contributed by atoms with Gasteiger partial charge in [-0.1, -0.05) is 98.5 Å². The van der Waals surface area contributed by atoms with Crippen LogP contribution in [0.25, 0.3) is 0 Å². The number of amides is 1. The fourth-order valence-corrected chi connectivity index (χ4v) is 6.31. The van der Waals surface area contributed by atoms with Crippen LogP contribution in [-0.2, 0) is 19.9 Å². The number of esters is 1. The van der Waals surface area contributed by atoms with Crippen molar-refractivity contribution in [3.05, 3.63) is 56.6 Å². The third kappa shape index (κ3) is 9.49. The Morgan fingerprint density at radius 3 is 2.38 bits per heavy atom. The summed E-state index contributed by atoms with van der Waals surface area (Å²) in [4.78, 5) is 26.0. The lowest BCUT2D eigenvalue weighted by molar-refractivity contribution is -0.145. The van der Waals surface area contributed by atoms with Crippen molar-refractivity contribution in [3.63, 3.8) is 0 Å². The number of carbonyl (C=O) groups excluding carboxylic acids is 2. The maximum Gasteiger partial charge on any atom is 0.334 e. The van der Waals surface area contributed by atoms with Crippen LogP contribution in [0.5, 0.6) is 0 Å². The summed E-state index contributed by atoms with van der Waals surface area (Å²) >= 11 is 25.7. The second-order valence-corrected chi connectivity index (χ2v) is 12.6. The van der Waals surface area contributed by atoms with E-state index in [1.807, 2.05) is 13.0 Å². The number of alkyl halides is 1. The van der Waals surface area contributed by atoms with Crippen molar-refractivity contribution in [2.75, 3.05) is 0 Å². The van der Waals surface area contributed by atoms with Gasteiger partial charge in [0.15, 0.2) is 0 Å². The number of halogens is 4. The first-order valence-corrected chi connectivity index (χ1v) is 15.7. The average Bonchev–Trinajstić information content (AvgIpc) is 3.29. The summed E-state index contributed by atoms with van der Waals surface area (Å²) in [5, 5.41) is 6.26. The molecule has 0 saturated heterocycles. The van der Waals surface area contributed by atoms with Gasteiger partial charge in [-0.05, 0) is 44.7 Å². The van der Waals surface area contributed by atoms with Crippen molar-refractivity contribution in [2.24, 2.45) is 5.10 Å². The predicted octanol–water partition coefficient (Wildman–Crippen LogP) is 8.91. The number of allylic oxidation sites excluding steroid dienone is 2. The molecule has 220 valence electrons. The van der Waals surface area contributed by atoms with E-state index in [0.29, 0.717) is 32.6 Å². The monoisotopic (exact) mass is 629 g/mol. The number of nitrogens with zero attached hydrogens (tertiary/aromatic N) is 2. The molecule has 0 aromatic heterocycles. The molecule has 6 nitrogen and oxygen atoms in total. The molecule has 1 N–H and O–H groups in total. The third-order valence-electron chi connectivity index (χ3n) is 7.16. The van der Waals surface area contributed by atoms with E-state index in [-0.39, 0.29) is 30.2 Å². The fraction of sp³-hybridized carbons (Fsp3) is 0.567. The van der Waals surface area contributed by atoms with Crippen molar-refractivity contribution in [3.8, 4) is 0 Å². The third-order valence-corrected chi connectivity index (χ3v) is 8.19. The lowest BCUT2D eigenvalue weighted by Crippen LogP contribution is -2.51. The summed E-state index contributed by atoms with van der Waals surface area (Å²) in [6.45, 7) is 4.16. The maximum absolute atomic E-state index is 13.5. The summed E-state index contributed by atoms with van der Waals surface area (Å²) < 4.78 is 6.06. The highest BCUT2D eigenvalue weighted by Gasteiger charge is 2.41. The Labute approximate surface area is 258 Å². The van der Waals surface area contributed by atoms with Gasteiger partial charge in [-0.3, -0.25) is 4.79 Å². The van der Waals surface area contributed by atoms with Crippen molar-refractivity contribution in [2.45, 2.75) is 108 Å². The molecule has 1 aliphatic carbocycles. The smallest absolute Gasteiger partial charge is 0.334 e. The molecule has 1 amide bonds. The van der Waals surface area contributed by atoms with Gasteiger partial charge in [0.2, 0.25) is 0 Å². The van der Waals surface area contributed by atoms with Crippen LogP contribution in [0.3, 0.4) is 0 Å². The van der Waals surface area contributed by atoms with Gasteiger partial charge >= 0.3 is 5.97 Å². The second kappa shape index (κ2) is 16.2. The van der Waals surface area contributed by atoms with Crippen LogP contribution in [0.2, 0.25) is 15.1 Å². The number of unbranched alkanes of at least 4 members (excludes halogenated alkanes) is 6. The Kier molecular flexibility index (Phi) is 13.3. The highest BCUT2D eigenvalue weighted by atomic mass is 35.5. The van der Waals surface area contributed by atoms with E-state index in [0.717, 1.165) is 30.8 Å². The molecule has 3 rings (SSSR count). The highest BCUT2D eigenvalue weighted by Crippen LogP contribution is 2.43. The molecule has 2 aliphatic rings. The summed E-state index contributed by atoms with van der Waals surface area (Å²) in [6.07, 6.45) is 17.4. The van der Waals surface area contributed by atoms with Gasteiger partial charge in [0.1, 0.15) is 6.10 Å². The minimum atomic E-state index is -1.14. The molecular weight excluding hydrogens is 592 g/mol. The molecule has 1 aromatic carbocycles. The van der Waals surface area contributed by atoms with Crippen LogP contribution in [-0.4, -0.2) is 34.7 Å². The number of benzene rings is 1. The Balaban J connectivity index is 1.76. The van der Waals surface area contributed by atoms with Crippen LogP contribution >= 0.6 is 46.4 Å². The van der Waals surface area contributed by atoms with E-state index < -0.39 is 11.5 Å².